The minimum atomic E-state index is -0.353. The average Bonchev–Trinajstić information content (AvgIpc) is 2.90. The summed E-state index contributed by atoms with van der Waals surface area (Å²) in [5.74, 6) is 0.644. The molecule has 0 unspecified atom stereocenters. The number of anilines is 1. The topological polar surface area (TPSA) is 83.8 Å². The van der Waals surface area contributed by atoms with Crippen molar-refractivity contribution in [3.8, 4) is 11.3 Å². The first kappa shape index (κ1) is 26.9. The van der Waals surface area contributed by atoms with Crippen LogP contribution in [-0.2, 0) is 16.0 Å². The van der Waals surface area contributed by atoms with Crippen LogP contribution in [0, 0.1) is 19.7 Å². The Morgan fingerprint density at radius 1 is 1.19 bits per heavy atom. The third kappa shape index (κ3) is 6.91. The fourth-order valence-electron chi connectivity index (χ4n) is 3.51. The first-order chi connectivity index (χ1) is 17.3. The number of aryl methyl sites for hydroxylation is 3. The zero-order chi connectivity index (χ0) is 26.1. The molecule has 0 spiro atoms. The lowest BCUT2D eigenvalue weighted by molar-refractivity contribution is -0.114. The Hall–Kier alpha value is -3.72. The van der Waals surface area contributed by atoms with Gasteiger partial charge in [-0.1, -0.05) is 19.1 Å². The first-order valence-corrected chi connectivity index (χ1v) is 11.9. The number of pyridine rings is 1. The van der Waals surface area contributed by atoms with Crippen LogP contribution in [0.1, 0.15) is 30.8 Å². The number of hydrogen-bond acceptors (Lipinski definition) is 7. The van der Waals surface area contributed by atoms with E-state index < -0.39 is 0 Å². The second kappa shape index (κ2) is 12.8. The van der Waals surface area contributed by atoms with E-state index in [2.05, 4.69) is 19.9 Å². The number of amides is 1. The molecule has 0 N–H and O–H groups in total. The Morgan fingerprint density at radius 2 is 1.94 bits per heavy atom. The number of aliphatic imine (C=N–C) groups is 1. The maximum Gasteiger partial charge on any atom is 0.226 e. The second-order valence-electron chi connectivity index (χ2n) is 8.42. The predicted octanol–water partition coefficient (Wildman–Crippen LogP) is 4.52. The largest absolute Gasteiger partial charge is 0.378 e. The zero-order valence-corrected chi connectivity index (χ0v) is 21.5. The highest BCUT2D eigenvalue weighted by molar-refractivity contribution is 5.92. The van der Waals surface area contributed by atoms with Crippen molar-refractivity contribution in [2.75, 3.05) is 38.3 Å². The molecule has 2 aromatic heterocycles. The molecule has 1 fully saturated rings. The molecule has 0 saturated carbocycles. The monoisotopic (exact) mass is 492 g/mol. The van der Waals surface area contributed by atoms with Gasteiger partial charge >= 0.3 is 0 Å². The molecular formula is C27H33FN6O2. The Balaban J connectivity index is 0.000000444. The van der Waals surface area contributed by atoms with E-state index in [0.717, 1.165) is 17.7 Å². The van der Waals surface area contributed by atoms with Crippen LogP contribution < -0.4 is 4.90 Å². The summed E-state index contributed by atoms with van der Waals surface area (Å²) in [6.07, 6.45) is 3.20. The molecule has 3 aromatic rings. The van der Waals surface area contributed by atoms with E-state index in [4.69, 9.17) is 4.74 Å². The molecule has 0 aliphatic carbocycles. The second-order valence-corrected chi connectivity index (χ2v) is 8.42. The summed E-state index contributed by atoms with van der Waals surface area (Å²) < 4.78 is 20.4. The number of rotatable bonds is 5. The average molecular weight is 493 g/mol. The lowest BCUT2D eigenvalue weighted by Gasteiger charge is -2.27. The van der Waals surface area contributed by atoms with Crippen LogP contribution >= 0.6 is 0 Å². The molecule has 3 heterocycles. The highest BCUT2D eigenvalue weighted by Gasteiger charge is 2.21. The number of carbonyl (C=O) groups excluding carboxylic acids is 1. The van der Waals surface area contributed by atoms with Gasteiger partial charge in [-0.15, -0.1) is 0 Å². The van der Waals surface area contributed by atoms with E-state index >= 15 is 0 Å². The number of benzene rings is 1. The summed E-state index contributed by atoms with van der Waals surface area (Å²) >= 11 is 0. The van der Waals surface area contributed by atoms with Crippen LogP contribution in [0.15, 0.2) is 47.6 Å². The third-order valence-electron chi connectivity index (χ3n) is 5.79. The molecule has 190 valence electrons. The van der Waals surface area contributed by atoms with E-state index in [1.54, 1.807) is 26.2 Å². The van der Waals surface area contributed by atoms with Crippen LogP contribution in [0.25, 0.3) is 11.3 Å². The summed E-state index contributed by atoms with van der Waals surface area (Å²) in [6.45, 7) is 10.0. The summed E-state index contributed by atoms with van der Waals surface area (Å²) in [7, 11) is 1.61. The van der Waals surface area contributed by atoms with E-state index in [1.165, 1.54) is 11.0 Å². The van der Waals surface area contributed by atoms with E-state index in [-0.39, 0.29) is 5.82 Å². The summed E-state index contributed by atoms with van der Waals surface area (Å²) in [5, 5.41) is 0. The smallest absolute Gasteiger partial charge is 0.226 e. The van der Waals surface area contributed by atoms with E-state index in [1.807, 2.05) is 49.9 Å². The van der Waals surface area contributed by atoms with Crippen molar-refractivity contribution in [3.05, 3.63) is 65.4 Å². The first-order valence-electron chi connectivity index (χ1n) is 11.9. The molecule has 4 rings (SSSR count). The fraction of sp³-hybridized carbons (Fsp3) is 0.370. The fourth-order valence-corrected chi connectivity index (χ4v) is 3.51. The van der Waals surface area contributed by atoms with Gasteiger partial charge in [0.2, 0.25) is 12.4 Å². The summed E-state index contributed by atoms with van der Waals surface area (Å²) in [6, 6.07) is 11.0. The normalized spacial score (nSPS) is 13.6. The van der Waals surface area contributed by atoms with Gasteiger partial charge in [0.1, 0.15) is 23.0 Å². The van der Waals surface area contributed by atoms with Crippen LogP contribution in [-0.4, -0.2) is 65.4 Å². The van der Waals surface area contributed by atoms with Gasteiger partial charge in [-0.25, -0.2) is 19.4 Å². The van der Waals surface area contributed by atoms with Gasteiger partial charge in [0.15, 0.2) is 0 Å². The number of carbonyl (C=O) groups is 1. The van der Waals surface area contributed by atoms with Crippen molar-refractivity contribution in [3.63, 3.8) is 0 Å². The molecular weight excluding hydrogens is 459 g/mol. The standard InChI is InChI=1S/C21H26FN5O2.C6H7N/c1-5-16-6-7-17(18(22)12-16)20-19(24-15(3)26(4)13-28)14(2)23-21(25-20)27-8-10-29-11-9-27;1-6-4-2-3-5-7-6/h6-7,12-13H,5,8-11H2,1-4H3;2-5H,1H3. The molecule has 8 nitrogen and oxygen atoms in total. The van der Waals surface area contributed by atoms with E-state index in [0.29, 0.717) is 67.1 Å². The van der Waals surface area contributed by atoms with Gasteiger partial charge < -0.3 is 14.5 Å². The number of ether oxygens (including phenoxy) is 1. The van der Waals surface area contributed by atoms with E-state index in [9.17, 15) is 9.18 Å². The molecule has 1 amide bonds. The summed E-state index contributed by atoms with van der Waals surface area (Å²) in [5.41, 5.74) is 3.83. The Morgan fingerprint density at radius 3 is 2.50 bits per heavy atom. The van der Waals surface area contributed by atoms with Gasteiger partial charge in [0, 0.05) is 37.6 Å². The maximum atomic E-state index is 15.0. The van der Waals surface area contributed by atoms with Crippen LogP contribution in [0.2, 0.25) is 0 Å². The SMILES string of the molecule is CCc1ccc(-c2nc(N3CCOCC3)nc(C)c2N=C(C)N(C)C=O)c(F)c1.Cc1ccccn1. The number of aromatic nitrogens is 3. The van der Waals surface area contributed by atoms with Gasteiger partial charge in [-0.05, 0) is 57.0 Å². The quantitative estimate of drug-likeness (QED) is 0.296. The number of nitrogens with zero attached hydrogens (tertiary/aromatic N) is 6. The van der Waals surface area contributed by atoms with Gasteiger partial charge in [-0.3, -0.25) is 9.78 Å². The minimum absolute atomic E-state index is 0.353. The lowest BCUT2D eigenvalue weighted by Crippen LogP contribution is -2.37. The molecule has 1 aliphatic rings. The van der Waals surface area contributed by atoms with Crippen molar-refractivity contribution < 1.29 is 13.9 Å². The molecule has 9 heteroatoms. The zero-order valence-electron chi connectivity index (χ0n) is 21.5. The Bertz CT molecular complexity index is 1200. The minimum Gasteiger partial charge on any atom is -0.378 e. The molecule has 1 aliphatic heterocycles. The van der Waals surface area contributed by atoms with Gasteiger partial charge in [-0.2, -0.15) is 0 Å². The van der Waals surface area contributed by atoms with Crippen molar-refractivity contribution in [1.29, 1.82) is 0 Å². The van der Waals surface area contributed by atoms with Crippen molar-refractivity contribution in [1.82, 2.24) is 19.9 Å². The number of morpholine rings is 1. The highest BCUT2D eigenvalue weighted by atomic mass is 19.1. The number of amidine groups is 1. The number of hydrogen-bond donors (Lipinski definition) is 0. The van der Waals surface area contributed by atoms with Crippen LogP contribution in [0.3, 0.4) is 0 Å². The van der Waals surface area contributed by atoms with Crippen molar-refractivity contribution in [2.24, 2.45) is 4.99 Å². The van der Waals surface area contributed by atoms with Gasteiger partial charge in [0.25, 0.3) is 0 Å². The Kier molecular flexibility index (Phi) is 9.58. The van der Waals surface area contributed by atoms with Gasteiger partial charge in [0.05, 0.1) is 18.9 Å². The number of halogens is 1. The van der Waals surface area contributed by atoms with Crippen LogP contribution in [0.4, 0.5) is 16.0 Å². The third-order valence-corrected chi connectivity index (χ3v) is 5.79. The maximum absolute atomic E-state index is 15.0. The highest BCUT2D eigenvalue weighted by Crippen LogP contribution is 2.35. The predicted molar refractivity (Wildman–Crippen MR) is 140 cm³/mol. The molecule has 0 radical (unpaired) electrons. The Labute approximate surface area is 211 Å². The molecule has 36 heavy (non-hydrogen) atoms. The van der Waals surface area contributed by atoms with Crippen LogP contribution in [0.5, 0.6) is 0 Å². The van der Waals surface area contributed by atoms with Crippen molar-refractivity contribution in [2.45, 2.75) is 34.1 Å². The lowest BCUT2D eigenvalue weighted by atomic mass is 10.0. The summed E-state index contributed by atoms with van der Waals surface area (Å²) in [4.78, 5) is 32.3. The van der Waals surface area contributed by atoms with Crippen molar-refractivity contribution >= 4 is 23.9 Å². The molecule has 0 atom stereocenters. The molecule has 0 bridgehead atoms. The molecule has 1 saturated heterocycles. The molecule has 1 aromatic carbocycles.